The van der Waals surface area contributed by atoms with Crippen LogP contribution in [0, 0.1) is 37.9 Å². The van der Waals surface area contributed by atoms with Gasteiger partial charge in [0.1, 0.15) is 11.4 Å². The lowest BCUT2D eigenvalue weighted by atomic mass is 9.89. The average Bonchev–Trinajstić information content (AvgIpc) is 2.61. The van der Waals surface area contributed by atoms with Gasteiger partial charge in [0.15, 0.2) is 0 Å². The number of aryl methyl sites for hydroxylation is 3. The third-order valence-corrected chi connectivity index (χ3v) is 4.68. The molecule has 0 spiro atoms. The topological polar surface area (TPSA) is 99.4 Å². The van der Waals surface area contributed by atoms with Crippen LogP contribution in [0.4, 0.5) is 9.18 Å². The molecule has 6 nitrogen and oxygen atoms in total. The first-order valence-electron chi connectivity index (χ1n) is 9.85. The first-order chi connectivity index (χ1) is 14.3. The molecule has 0 unspecified atom stereocenters. The molecule has 2 N–H and O–H groups in total. The second-order valence-corrected chi connectivity index (χ2v) is 8.59. The van der Waals surface area contributed by atoms with E-state index in [-0.39, 0.29) is 5.56 Å². The molecule has 2 rings (SSSR count). The van der Waals surface area contributed by atoms with Crippen LogP contribution in [-0.2, 0) is 9.53 Å². The number of aliphatic carboxylic acids is 1. The normalized spacial score (nSPS) is 12.1. The van der Waals surface area contributed by atoms with Crippen molar-refractivity contribution in [2.24, 2.45) is 0 Å². The molecule has 164 valence electrons. The number of nitriles is 1. The molecule has 0 saturated heterocycles. The molecule has 0 saturated carbocycles. The fourth-order valence-electron chi connectivity index (χ4n) is 3.54. The fraction of sp³-hybridized carbons (Fsp3) is 0.375. The van der Waals surface area contributed by atoms with Crippen molar-refractivity contribution >= 4 is 12.1 Å². The first-order valence-corrected chi connectivity index (χ1v) is 9.85. The van der Waals surface area contributed by atoms with Crippen LogP contribution >= 0.6 is 0 Å². The largest absolute Gasteiger partial charge is 0.481 e. The molecule has 0 radical (unpaired) electrons. The molecule has 7 heteroatoms. The molecule has 0 fully saturated rings. The van der Waals surface area contributed by atoms with Gasteiger partial charge in [0.05, 0.1) is 24.1 Å². The number of hydrogen-bond donors (Lipinski definition) is 2. The van der Waals surface area contributed by atoms with Gasteiger partial charge in [0.2, 0.25) is 0 Å². The van der Waals surface area contributed by atoms with Gasteiger partial charge < -0.3 is 15.2 Å². The molecule has 31 heavy (non-hydrogen) atoms. The van der Waals surface area contributed by atoms with E-state index in [2.05, 4.69) is 11.4 Å². The second-order valence-electron chi connectivity index (χ2n) is 8.59. The Kier molecular flexibility index (Phi) is 7.06. The van der Waals surface area contributed by atoms with E-state index in [1.807, 2.05) is 13.8 Å². The highest BCUT2D eigenvalue weighted by atomic mass is 19.1. The molecule has 2 aromatic rings. The Bertz CT molecular complexity index is 1040. The predicted octanol–water partition coefficient (Wildman–Crippen LogP) is 5.33. The van der Waals surface area contributed by atoms with Crippen molar-refractivity contribution in [3.05, 3.63) is 57.9 Å². The number of hydrogen-bond acceptors (Lipinski definition) is 4. The Balaban J connectivity index is 2.59. The van der Waals surface area contributed by atoms with Crippen LogP contribution in [0.25, 0.3) is 11.1 Å². The maximum Gasteiger partial charge on any atom is 0.408 e. The molecule has 0 aliphatic rings. The highest BCUT2D eigenvalue weighted by Gasteiger charge is 2.26. The summed E-state index contributed by atoms with van der Waals surface area (Å²) in [6.45, 7) is 10.3. The first kappa shape index (κ1) is 23.9. The second kappa shape index (κ2) is 9.17. The molecule has 0 bridgehead atoms. The Morgan fingerprint density at radius 1 is 1.13 bits per heavy atom. The van der Waals surface area contributed by atoms with Gasteiger partial charge in [-0.3, -0.25) is 4.79 Å². The number of nitrogens with zero attached hydrogens (tertiary/aromatic N) is 1. The van der Waals surface area contributed by atoms with Crippen molar-refractivity contribution in [1.29, 1.82) is 5.26 Å². The molecule has 0 aliphatic carbocycles. The third-order valence-electron chi connectivity index (χ3n) is 4.68. The van der Waals surface area contributed by atoms with Gasteiger partial charge in [-0.1, -0.05) is 0 Å². The van der Waals surface area contributed by atoms with Crippen molar-refractivity contribution < 1.29 is 23.8 Å². The number of carboxylic acids is 1. The smallest absolute Gasteiger partial charge is 0.408 e. The van der Waals surface area contributed by atoms with Crippen LogP contribution in [0.1, 0.15) is 61.1 Å². The van der Waals surface area contributed by atoms with Crippen LogP contribution in [-0.4, -0.2) is 22.8 Å². The van der Waals surface area contributed by atoms with E-state index in [0.29, 0.717) is 16.7 Å². The lowest BCUT2D eigenvalue weighted by Gasteiger charge is -2.24. The van der Waals surface area contributed by atoms with Crippen LogP contribution in [0.15, 0.2) is 24.3 Å². The Hall–Kier alpha value is -3.40. The minimum absolute atomic E-state index is 0.0615. The number of carboxylic acid groups (broad SMARTS) is 1. The molecule has 0 heterocycles. The fourth-order valence-corrected chi connectivity index (χ4v) is 3.54. The number of rotatable bonds is 5. The number of carbonyl (C=O) groups excluding carboxylic acids is 1. The van der Waals surface area contributed by atoms with Gasteiger partial charge in [-0.25, -0.2) is 9.18 Å². The van der Waals surface area contributed by atoms with E-state index in [4.69, 9.17) is 4.74 Å². The molecular weight excluding hydrogens is 399 g/mol. The van der Waals surface area contributed by atoms with Gasteiger partial charge in [-0.05, 0) is 93.6 Å². The quantitative estimate of drug-likeness (QED) is 0.673. The Morgan fingerprint density at radius 2 is 1.71 bits per heavy atom. The summed E-state index contributed by atoms with van der Waals surface area (Å²) >= 11 is 0. The van der Waals surface area contributed by atoms with Gasteiger partial charge in [-0.15, -0.1) is 0 Å². The molecule has 1 amide bonds. The summed E-state index contributed by atoms with van der Waals surface area (Å²) < 4.78 is 20.3. The van der Waals surface area contributed by atoms with Crippen molar-refractivity contribution in [2.75, 3.05) is 0 Å². The standard InChI is InChI=1S/C24H27FN2O4/c1-13-7-16(12-26)8-14(2)21(13)17-9-15(3)22(25)18(10-17)19(11-20(28)29)27-23(30)31-24(4,5)6/h7-10,19H,11H2,1-6H3,(H,27,30)(H,28,29)/t19-/m0/s1. The van der Waals surface area contributed by atoms with Crippen molar-refractivity contribution in [1.82, 2.24) is 5.32 Å². The van der Waals surface area contributed by atoms with E-state index in [9.17, 15) is 20.0 Å². The lowest BCUT2D eigenvalue weighted by Crippen LogP contribution is -2.36. The van der Waals surface area contributed by atoms with Crippen LogP contribution in [0.2, 0.25) is 0 Å². The zero-order chi connectivity index (χ0) is 23.5. The Morgan fingerprint density at radius 3 is 2.19 bits per heavy atom. The number of amides is 1. The maximum atomic E-state index is 15.1. The molecule has 0 aromatic heterocycles. The van der Waals surface area contributed by atoms with Gasteiger partial charge in [0.25, 0.3) is 0 Å². The van der Waals surface area contributed by atoms with Gasteiger partial charge in [-0.2, -0.15) is 5.26 Å². The van der Waals surface area contributed by atoms with Crippen LogP contribution < -0.4 is 5.32 Å². The number of benzene rings is 2. The lowest BCUT2D eigenvalue weighted by molar-refractivity contribution is -0.137. The summed E-state index contributed by atoms with van der Waals surface area (Å²) in [5.74, 6) is -1.77. The van der Waals surface area contributed by atoms with E-state index in [1.54, 1.807) is 52.0 Å². The minimum Gasteiger partial charge on any atom is -0.481 e. The highest BCUT2D eigenvalue weighted by molar-refractivity contribution is 5.75. The molecule has 0 aliphatic heterocycles. The van der Waals surface area contributed by atoms with Crippen LogP contribution in [0.3, 0.4) is 0 Å². The average molecular weight is 426 g/mol. The van der Waals surface area contributed by atoms with E-state index >= 15 is 4.39 Å². The predicted molar refractivity (Wildman–Crippen MR) is 115 cm³/mol. The van der Waals surface area contributed by atoms with Crippen molar-refractivity contribution in [2.45, 2.75) is 59.6 Å². The monoisotopic (exact) mass is 426 g/mol. The van der Waals surface area contributed by atoms with Crippen molar-refractivity contribution in [3.8, 4) is 17.2 Å². The van der Waals surface area contributed by atoms with Crippen molar-refractivity contribution in [3.63, 3.8) is 0 Å². The SMILES string of the molecule is Cc1cc(-c2c(C)cc(C#N)cc2C)cc([C@H](CC(=O)O)NC(=O)OC(C)(C)C)c1F. The molecule has 1 atom stereocenters. The Labute approximate surface area is 181 Å². The summed E-state index contributed by atoms with van der Waals surface area (Å²) in [6, 6.07) is 7.70. The van der Waals surface area contributed by atoms with E-state index < -0.39 is 35.9 Å². The zero-order valence-corrected chi connectivity index (χ0v) is 18.6. The number of carbonyl (C=O) groups is 2. The summed E-state index contributed by atoms with van der Waals surface area (Å²) in [7, 11) is 0. The summed E-state index contributed by atoms with van der Waals surface area (Å²) in [5.41, 5.74) is 3.29. The van der Waals surface area contributed by atoms with Gasteiger partial charge in [0, 0.05) is 5.56 Å². The van der Waals surface area contributed by atoms with E-state index in [1.165, 1.54) is 0 Å². The third kappa shape index (κ3) is 6.05. The summed E-state index contributed by atoms with van der Waals surface area (Å²) in [4.78, 5) is 23.7. The van der Waals surface area contributed by atoms with E-state index in [0.717, 1.165) is 16.7 Å². The summed E-state index contributed by atoms with van der Waals surface area (Å²) in [6.07, 6.45) is -1.34. The number of alkyl carbamates (subject to hydrolysis) is 1. The van der Waals surface area contributed by atoms with Crippen LogP contribution in [0.5, 0.6) is 0 Å². The highest BCUT2D eigenvalue weighted by Crippen LogP contribution is 2.34. The number of halogens is 1. The van der Waals surface area contributed by atoms with Gasteiger partial charge >= 0.3 is 12.1 Å². The number of nitrogens with one attached hydrogen (secondary N) is 1. The number of ether oxygens (including phenoxy) is 1. The minimum atomic E-state index is -1.19. The summed E-state index contributed by atoms with van der Waals surface area (Å²) in [5, 5.41) is 21.0. The molecule has 2 aromatic carbocycles. The molecular formula is C24H27FN2O4. The maximum absolute atomic E-state index is 15.1. The zero-order valence-electron chi connectivity index (χ0n) is 18.6.